The zero-order valence-electron chi connectivity index (χ0n) is 42.6. The molecule has 0 heterocycles. The molecule has 4 aliphatic carbocycles. The van der Waals surface area contributed by atoms with Gasteiger partial charge in [0.05, 0.1) is 27.0 Å². The van der Waals surface area contributed by atoms with E-state index in [2.05, 4.69) is 107 Å². The maximum absolute atomic E-state index is 10.2. The summed E-state index contributed by atoms with van der Waals surface area (Å²) in [5, 5.41) is 22.8. The molecule has 0 aliphatic heterocycles. The van der Waals surface area contributed by atoms with Crippen molar-refractivity contribution in [2.24, 2.45) is 46.8 Å². The number of rotatable bonds is 10. The minimum atomic E-state index is -2.93. The second kappa shape index (κ2) is 20.1. The molecule has 0 spiro atoms. The predicted octanol–water partition coefficient (Wildman–Crippen LogP) is 12.2. The lowest BCUT2D eigenvalue weighted by Crippen LogP contribution is -2.35. The van der Waals surface area contributed by atoms with Crippen molar-refractivity contribution in [3.05, 3.63) is 132 Å². The highest BCUT2D eigenvalue weighted by Crippen LogP contribution is 2.59. The van der Waals surface area contributed by atoms with E-state index in [1.165, 1.54) is 39.8 Å². The van der Waals surface area contributed by atoms with E-state index in [0.29, 0.717) is 36.9 Å². The minimum Gasteiger partial charge on any atom is -0.393 e. The lowest BCUT2D eigenvalue weighted by atomic mass is 9.61. The van der Waals surface area contributed by atoms with E-state index < -0.39 is 52.7 Å². The SMILES string of the molecule is C=C1/C(=C\COP(c2ccccc2)c2ccccc2)C[C@@H](C)C[C@@H]1C.[2H]C([2H])([2H])C([C@H](/C=C/[C@@H](C)[C@H]1CC[C@H]2/C(=C/C=C3/C[C@@H](O)C[C@H](O)C3=C)CCC[C@]12C)C([2H])([2H])[2H])C([2H])([2H])[2H]. The molecule has 2 aromatic carbocycles. The van der Waals surface area contributed by atoms with E-state index in [-0.39, 0.29) is 17.3 Å². The van der Waals surface area contributed by atoms with Gasteiger partial charge >= 0.3 is 0 Å². The van der Waals surface area contributed by atoms with Gasteiger partial charge in [-0.2, -0.15) is 0 Å². The highest BCUT2D eigenvalue weighted by Gasteiger charge is 2.50. The van der Waals surface area contributed by atoms with Crippen LogP contribution in [-0.2, 0) is 4.52 Å². The predicted molar refractivity (Wildman–Crippen MR) is 237 cm³/mol. The van der Waals surface area contributed by atoms with Crippen LogP contribution in [0, 0.1) is 46.8 Å². The molecule has 0 aromatic heterocycles. The van der Waals surface area contributed by atoms with E-state index in [0.717, 1.165) is 50.0 Å². The molecule has 4 heteroatoms. The molecule has 4 fully saturated rings. The van der Waals surface area contributed by atoms with Gasteiger partial charge in [0.25, 0.3) is 0 Å². The van der Waals surface area contributed by atoms with Gasteiger partial charge in [0.15, 0.2) is 0 Å². The maximum atomic E-state index is 10.2. The van der Waals surface area contributed by atoms with Crippen LogP contribution < -0.4 is 10.6 Å². The van der Waals surface area contributed by atoms with Crippen LogP contribution in [0.15, 0.2) is 132 Å². The van der Waals surface area contributed by atoms with Gasteiger partial charge in [-0.05, 0) is 120 Å². The Morgan fingerprint density at radius 2 is 1.58 bits per heavy atom. The van der Waals surface area contributed by atoms with E-state index in [1.807, 2.05) is 13.0 Å². The third kappa shape index (κ3) is 11.2. The van der Waals surface area contributed by atoms with Crippen molar-refractivity contribution in [3.63, 3.8) is 0 Å². The van der Waals surface area contributed by atoms with Gasteiger partial charge in [0.1, 0.15) is 0 Å². The Labute approximate surface area is 348 Å². The van der Waals surface area contributed by atoms with E-state index in [4.69, 9.17) is 16.9 Å². The summed E-state index contributed by atoms with van der Waals surface area (Å²) < 4.78 is 76.9. The quantitative estimate of drug-likeness (QED) is 0.187. The third-order valence-electron chi connectivity index (χ3n) is 12.8. The Hall–Kier alpha value is -2.81. The van der Waals surface area contributed by atoms with E-state index in [9.17, 15) is 10.2 Å². The van der Waals surface area contributed by atoms with E-state index in [1.54, 1.807) is 6.08 Å². The molecule has 3 nitrogen and oxygen atoms in total. The van der Waals surface area contributed by atoms with Crippen molar-refractivity contribution < 1.29 is 27.1 Å². The zero-order chi connectivity index (χ0) is 47.2. The fourth-order valence-corrected chi connectivity index (χ4v) is 11.4. The first kappa shape index (κ1) is 32.2. The monoisotopic (exact) mass is 772 g/mol. The van der Waals surface area contributed by atoms with Crippen LogP contribution in [0.5, 0.6) is 0 Å². The smallest absolute Gasteiger partial charge is 0.0922 e. The largest absolute Gasteiger partial charge is 0.393 e. The van der Waals surface area contributed by atoms with Gasteiger partial charge in [-0.1, -0.05) is 158 Å². The van der Waals surface area contributed by atoms with Crippen molar-refractivity contribution in [1.82, 2.24) is 0 Å². The van der Waals surface area contributed by atoms with Crippen molar-refractivity contribution in [1.29, 1.82) is 0 Å². The van der Waals surface area contributed by atoms with Crippen LogP contribution in [0.1, 0.15) is 118 Å². The van der Waals surface area contributed by atoms with Crippen LogP contribution in [0.4, 0.5) is 0 Å². The Kier molecular flexibility index (Phi) is 11.7. The molecule has 9 atom stereocenters. The van der Waals surface area contributed by atoms with Crippen LogP contribution in [0.25, 0.3) is 0 Å². The number of benzene rings is 2. The summed E-state index contributed by atoms with van der Waals surface area (Å²) in [5.41, 5.74) is 5.53. The summed E-state index contributed by atoms with van der Waals surface area (Å²) in [6.45, 7) is 9.24. The average molecular weight is 772 g/mol. The highest BCUT2D eigenvalue weighted by atomic mass is 31.1. The first-order valence-corrected chi connectivity index (χ1v) is 21.7. The van der Waals surface area contributed by atoms with Crippen molar-refractivity contribution in [2.75, 3.05) is 6.61 Å². The molecule has 6 rings (SSSR count). The van der Waals surface area contributed by atoms with Crippen molar-refractivity contribution in [2.45, 2.75) is 118 Å². The fourth-order valence-electron chi connectivity index (χ4n) is 9.65. The molecule has 0 bridgehead atoms. The summed E-state index contributed by atoms with van der Waals surface area (Å²) >= 11 is 0. The summed E-state index contributed by atoms with van der Waals surface area (Å²) in [6.07, 6.45) is 16.3. The zero-order valence-corrected chi connectivity index (χ0v) is 34.5. The summed E-state index contributed by atoms with van der Waals surface area (Å²) in [7, 11) is -0.788. The van der Waals surface area contributed by atoms with Gasteiger partial charge in [-0.15, -0.1) is 0 Å². The normalized spacial score (nSPS) is 35.1. The molecule has 0 saturated heterocycles. The molecule has 0 radical (unpaired) electrons. The molecule has 0 amide bonds. The first-order chi connectivity index (χ1) is 29.9. The number of allylic oxidation sites excluding steroid dienone is 7. The lowest BCUT2D eigenvalue weighted by Gasteiger charge is -2.44. The molecule has 2 aromatic rings. The average Bonchev–Trinajstić information content (AvgIpc) is 3.57. The summed E-state index contributed by atoms with van der Waals surface area (Å²) in [6, 6.07) is 21.1. The lowest BCUT2D eigenvalue weighted by molar-refractivity contribution is 0.0862. The molecule has 0 unspecified atom stereocenters. The first-order valence-electron chi connectivity index (χ1n) is 25.0. The number of hydrogen-bond acceptors (Lipinski definition) is 3. The van der Waals surface area contributed by atoms with Crippen LogP contribution in [-0.4, -0.2) is 29.0 Å². The molecular formula is C51H71O3P. The van der Waals surface area contributed by atoms with Crippen LogP contribution in [0.2, 0.25) is 0 Å². The Bertz CT molecular complexity index is 1950. The van der Waals surface area contributed by atoms with Crippen LogP contribution >= 0.6 is 8.15 Å². The van der Waals surface area contributed by atoms with Crippen LogP contribution in [0.3, 0.4) is 0 Å². The van der Waals surface area contributed by atoms with Gasteiger partial charge in [-0.25, -0.2) is 0 Å². The molecule has 4 aliphatic rings. The summed E-state index contributed by atoms with van der Waals surface area (Å²) in [4.78, 5) is 0. The van der Waals surface area contributed by atoms with Gasteiger partial charge in [-0.3, -0.25) is 0 Å². The Morgan fingerprint density at radius 3 is 2.24 bits per heavy atom. The topological polar surface area (TPSA) is 49.7 Å². The Morgan fingerprint density at radius 1 is 0.891 bits per heavy atom. The molecule has 2 N–H and O–H groups in total. The molecule has 298 valence electrons. The second-order valence-electron chi connectivity index (χ2n) is 16.9. The molecule has 55 heavy (non-hydrogen) atoms. The van der Waals surface area contributed by atoms with Crippen molar-refractivity contribution >= 4 is 18.8 Å². The van der Waals surface area contributed by atoms with Gasteiger partial charge in [0, 0.05) is 29.4 Å². The van der Waals surface area contributed by atoms with Crippen molar-refractivity contribution in [3.8, 4) is 0 Å². The number of fused-ring (bicyclic) bond motifs is 1. The molecular weight excluding hydrogens is 692 g/mol. The third-order valence-corrected chi connectivity index (χ3v) is 14.7. The van der Waals surface area contributed by atoms with E-state index >= 15 is 0 Å². The highest BCUT2D eigenvalue weighted by molar-refractivity contribution is 7.68. The number of aliphatic hydroxyl groups excluding tert-OH is 2. The maximum Gasteiger partial charge on any atom is 0.0922 e. The van der Waals surface area contributed by atoms with Gasteiger partial charge in [0.2, 0.25) is 0 Å². The van der Waals surface area contributed by atoms with Gasteiger partial charge < -0.3 is 14.7 Å². The second-order valence-corrected chi connectivity index (χ2v) is 18.8. The minimum absolute atomic E-state index is 0.0299. The summed E-state index contributed by atoms with van der Waals surface area (Å²) in [5.74, 6) is -1.74. The fraction of sp³-hybridized carbons (Fsp3) is 0.529. The standard InChI is InChI=1S/C28H44O2.C23H27OP/c1-18(2)19(3)9-10-20(4)25-13-14-26-22(8-7-15-28(25,26)6)11-12-23-16-24(29)17-27(30)21(23)5;1-18-16-19(2)20(3)21(17-18)14-15-24-25(22-10-6-4-7-11-22)23-12-8-5-9-13-23/h9-12,18-20,24-27,29-30H,5,7-8,13-17H2,1-4,6H3;4-14,18-19H,3,15-17H2,1-2H3/b10-9+,22-11+,23-12-;21-14-/t19-,20+,24+,25+,26-,27-,28+;18-,19-/m00/s1/i1D3,2D3,3D3;. The number of aliphatic hydroxyl groups is 2. The number of hydrogen-bond donors (Lipinski definition) is 2. The Balaban J connectivity index is 0.000000264. The molecule has 4 saturated carbocycles.